The van der Waals surface area contributed by atoms with Crippen LogP contribution >= 0.6 is 0 Å². The van der Waals surface area contributed by atoms with E-state index in [1.54, 1.807) is 18.6 Å². The van der Waals surface area contributed by atoms with Gasteiger partial charge in [-0.15, -0.1) is 0 Å². The number of anilines is 1. The van der Waals surface area contributed by atoms with Crippen LogP contribution < -0.4 is 10.6 Å². The minimum absolute atomic E-state index is 0.462. The van der Waals surface area contributed by atoms with Crippen molar-refractivity contribution in [3.8, 4) is 0 Å². The van der Waals surface area contributed by atoms with Gasteiger partial charge < -0.3 is 15.2 Å². The van der Waals surface area contributed by atoms with Gasteiger partial charge in [-0.3, -0.25) is 0 Å². The molecular formula is C11H16N6. The number of nitrogens with two attached hydrogens (primary N) is 1. The highest BCUT2D eigenvalue weighted by molar-refractivity contribution is 5.28. The molecule has 2 N–H and O–H groups in total. The van der Waals surface area contributed by atoms with Crippen LogP contribution in [0.1, 0.15) is 11.4 Å². The second-order valence-electron chi connectivity index (χ2n) is 3.91. The Labute approximate surface area is 100 Å². The van der Waals surface area contributed by atoms with E-state index < -0.39 is 0 Å². The summed E-state index contributed by atoms with van der Waals surface area (Å²) in [5.74, 6) is 1.64. The van der Waals surface area contributed by atoms with Crippen molar-refractivity contribution in [1.29, 1.82) is 0 Å². The largest absolute Gasteiger partial charge is 0.337 e. The zero-order chi connectivity index (χ0) is 12.3. The third-order valence-corrected chi connectivity index (χ3v) is 2.57. The molecule has 0 amide bonds. The van der Waals surface area contributed by atoms with Crippen LogP contribution in [0, 0.1) is 0 Å². The summed E-state index contributed by atoms with van der Waals surface area (Å²) in [6.07, 6.45) is 7.19. The molecule has 0 aromatic carbocycles. The van der Waals surface area contributed by atoms with Crippen LogP contribution in [0.5, 0.6) is 0 Å². The molecule has 0 radical (unpaired) electrons. The van der Waals surface area contributed by atoms with Gasteiger partial charge in [-0.2, -0.15) is 0 Å². The first-order valence-electron chi connectivity index (χ1n) is 5.39. The van der Waals surface area contributed by atoms with Gasteiger partial charge in [0, 0.05) is 51.0 Å². The van der Waals surface area contributed by atoms with Crippen molar-refractivity contribution in [3.05, 3.63) is 36.2 Å². The molecule has 90 valence electrons. The molecule has 0 spiro atoms. The lowest BCUT2D eigenvalue weighted by molar-refractivity contribution is 0.745. The zero-order valence-electron chi connectivity index (χ0n) is 10.0. The normalized spacial score (nSPS) is 10.5. The van der Waals surface area contributed by atoms with Crippen LogP contribution in [-0.4, -0.2) is 26.6 Å². The Bertz CT molecular complexity index is 475. The highest BCUT2D eigenvalue weighted by atomic mass is 15.2. The summed E-state index contributed by atoms with van der Waals surface area (Å²) in [6.45, 7) is 1.13. The van der Waals surface area contributed by atoms with Crippen molar-refractivity contribution in [3.63, 3.8) is 0 Å². The lowest BCUT2D eigenvalue weighted by Gasteiger charge is -2.16. The van der Waals surface area contributed by atoms with E-state index in [0.29, 0.717) is 19.0 Å². The molecule has 2 heterocycles. The fourth-order valence-electron chi connectivity index (χ4n) is 1.48. The maximum absolute atomic E-state index is 5.50. The van der Waals surface area contributed by atoms with Crippen LogP contribution in [0.2, 0.25) is 0 Å². The first kappa shape index (κ1) is 11.5. The van der Waals surface area contributed by atoms with Gasteiger partial charge in [-0.1, -0.05) is 0 Å². The Balaban J connectivity index is 2.09. The lowest BCUT2D eigenvalue weighted by atomic mass is 10.3. The molecule has 0 saturated heterocycles. The van der Waals surface area contributed by atoms with Gasteiger partial charge in [0.2, 0.25) is 5.95 Å². The molecule has 0 aliphatic heterocycles. The summed E-state index contributed by atoms with van der Waals surface area (Å²) >= 11 is 0. The summed E-state index contributed by atoms with van der Waals surface area (Å²) in [5.41, 5.74) is 6.43. The molecule has 6 nitrogen and oxygen atoms in total. The maximum Gasteiger partial charge on any atom is 0.225 e. The third kappa shape index (κ3) is 2.59. The van der Waals surface area contributed by atoms with E-state index in [1.165, 1.54) is 0 Å². The van der Waals surface area contributed by atoms with Crippen LogP contribution in [-0.2, 0) is 20.1 Å². The highest BCUT2D eigenvalue weighted by Crippen LogP contribution is 2.08. The van der Waals surface area contributed by atoms with Gasteiger partial charge in [-0.25, -0.2) is 15.0 Å². The monoisotopic (exact) mass is 232 g/mol. The Morgan fingerprint density at radius 2 is 2.00 bits per heavy atom. The summed E-state index contributed by atoms with van der Waals surface area (Å²) < 4.78 is 1.98. The zero-order valence-corrected chi connectivity index (χ0v) is 10.0. The first-order valence-corrected chi connectivity index (χ1v) is 5.39. The molecule has 0 fully saturated rings. The molecule has 6 heteroatoms. The molecule has 0 aliphatic rings. The fraction of sp³-hybridized carbons (Fsp3) is 0.364. The van der Waals surface area contributed by atoms with E-state index in [-0.39, 0.29) is 0 Å². The molecular weight excluding hydrogens is 216 g/mol. The lowest BCUT2D eigenvalue weighted by Crippen LogP contribution is -2.21. The number of imidazole rings is 1. The fourth-order valence-corrected chi connectivity index (χ4v) is 1.48. The Kier molecular flexibility index (Phi) is 3.34. The molecule has 0 unspecified atom stereocenters. The Morgan fingerprint density at radius 3 is 2.53 bits per heavy atom. The first-order chi connectivity index (χ1) is 8.20. The SMILES string of the molecule is CN(Cc1nccn1C)c1ncc(CN)cn1. The van der Waals surface area contributed by atoms with Crippen LogP contribution in [0.4, 0.5) is 5.95 Å². The number of nitrogens with zero attached hydrogens (tertiary/aromatic N) is 5. The molecule has 0 atom stereocenters. The van der Waals surface area contributed by atoms with Gasteiger partial charge in [0.15, 0.2) is 0 Å². The predicted molar refractivity (Wildman–Crippen MR) is 65.2 cm³/mol. The third-order valence-electron chi connectivity index (χ3n) is 2.57. The topological polar surface area (TPSA) is 72.9 Å². The number of hydrogen-bond acceptors (Lipinski definition) is 5. The second-order valence-corrected chi connectivity index (χ2v) is 3.91. The van der Waals surface area contributed by atoms with Gasteiger partial charge in [0.05, 0.1) is 6.54 Å². The number of aromatic nitrogens is 4. The van der Waals surface area contributed by atoms with Crippen molar-refractivity contribution in [2.24, 2.45) is 12.8 Å². The average molecular weight is 232 g/mol. The van der Waals surface area contributed by atoms with Gasteiger partial charge in [0.25, 0.3) is 0 Å². The van der Waals surface area contributed by atoms with Crippen LogP contribution in [0.15, 0.2) is 24.8 Å². The summed E-state index contributed by atoms with van der Waals surface area (Å²) in [7, 11) is 3.90. The van der Waals surface area contributed by atoms with Crippen molar-refractivity contribution >= 4 is 5.95 Å². The van der Waals surface area contributed by atoms with Crippen LogP contribution in [0.25, 0.3) is 0 Å². The van der Waals surface area contributed by atoms with E-state index in [9.17, 15) is 0 Å². The summed E-state index contributed by atoms with van der Waals surface area (Å²) in [5, 5.41) is 0. The van der Waals surface area contributed by atoms with Crippen molar-refractivity contribution in [2.45, 2.75) is 13.1 Å². The Morgan fingerprint density at radius 1 is 1.29 bits per heavy atom. The number of rotatable bonds is 4. The van der Waals surface area contributed by atoms with Gasteiger partial charge in [0.1, 0.15) is 5.82 Å². The minimum atomic E-state index is 0.462. The maximum atomic E-state index is 5.50. The Hall–Kier alpha value is -1.95. The molecule has 2 rings (SSSR count). The molecule has 0 saturated carbocycles. The molecule has 0 aliphatic carbocycles. The highest BCUT2D eigenvalue weighted by Gasteiger charge is 2.07. The van der Waals surface area contributed by atoms with Crippen LogP contribution in [0.3, 0.4) is 0 Å². The van der Waals surface area contributed by atoms with E-state index >= 15 is 0 Å². The minimum Gasteiger partial charge on any atom is -0.337 e. The van der Waals surface area contributed by atoms with E-state index in [4.69, 9.17) is 5.73 Å². The van der Waals surface area contributed by atoms with Crippen molar-refractivity contribution in [2.75, 3.05) is 11.9 Å². The van der Waals surface area contributed by atoms with Crippen molar-refractivity contribution < 1.29 is 0 Å². The van der Waals surface area contributed by atoms with Gasteiger partial charge >= 0.3 is 0 Å². The van der Waals surface area contributed by atoms with E-state index in [1.807, 2.05) is 29.8 Å². The smallest absolute Gasteiger partial charge is 0.225 e. The predicted octanol–water partition coefficient (Wildman–Crippen LogP) is 0.305. The standard InChI is InChI=1S/C11H16N6/c1-16-4-3-13-10(16)8-17(2)11-14-6-9(5-12)7-15-11/h3-4,6-7H,5,8,12H2,1-2H3. The van der Waals surface area contributed by atoms with Crippen molar-refractivity contribution in [1.82, 2.24) is 19.5 Å². The molecule has 2 aromatic heterocycles. The summed E-state index contributed by atoms with van der Waals surface area (Å²) in [6, 6.07) is 0. The average Bonchev–Trinajstić information content (AvgIpc) is 2.75. The van der Waals surface area contributed by atoms with Gasteiger partial charge in [-0.05, 0) is 0 Å². The summed E-state index contributed by atoms with van der Waals surface area (Å²) in [4.78, 5) is 14.7. The molecule has 2 aromatic rings. The quantitative estimate of drug-likeness (QED) is 0.821. The van der Waals surface area contributed by atoms with E-state index in [0.717, 1.165) is 11.4 Å². The number of hydrogen-bond donors (Lipinski definition) is 1. The number of aryl methyl sites for hydroxylation is 1. The van der Waals surface area contributed by atoms with E-state index in [2.05, 4.69) is 15.0 Å². The second kappa shape index (κ2) is 4.92. The molecule has 17 heavy (non-hydrogen) atoms. The molecule has 0 bridgehead atoms.